The topological polar surface area (TPSA) is 38.3 Å². The van der Waals surface area contributed by atoms with Crippen LogP contribution in [0.15, 0.2) is 24.3 Å². The molecule has 1 aromatic carbocycles. The number of carbonyl (C=O) groups excluding carboxylic acids is 1. The van der Waals surface area contributed by atoms with Gasteiger partial charge in [0.15, 0.2) is 0 Å². The Morgan fingerprint density at radius 3 is 2.50 bits per heavy atom. The summed E-state index contributed by atoms with van der Waals surface area (Å²) < 4.78 is 18.0. The lowest BCUT2D eigenvalue weighted by atomic mass is 10.1. The Labute approximate surface area is 106 Å². The fourth-order valence-corrected chi connectivity index (χ4v) is 1.89. The second kappa shape index (κ2) is 4.59. The smallest absolute Gasteiger partial charge is 0.407 e. The van der Waals surface area contributed by atoms with Gasteiger partial charge in [0, 0.05) is 12.0 Å². The highest BCUT2D eigenvalue weighted by molar-refractivity contribution is 5.69. The summed E-state index contributed by atoms with van der Waals surface area (Å²) in [6.07, 6.45) is 0.488. The molecule has 0 heterocycles. The zero-order valence-electron chi connectivity index (χ0n) is 10.9. The van der Waals surface area contributed by atoms with Crippen LogP contribution < -0.4 is 5.32 Å². The van der Waals surface area contributed by atoms with Crippen molar-refractivity contribution in [2.45, 2.75) is 44.8 Å². The van der Waals surface area contributed by atoms with Crippen molar-refractivity contribution < 1.29 is 13.9 Å². The average molecular weight is 251 g/mol. The van der Waals surface area contributed by atoms with E-state index in [-0.39, 0.29) is 17.8 Å². The number of alkyl carbamates (subject to hydrolysis) is 1. The molecule has 0 aromatic heterocycles. The molecular weight excluding hydrogens is 233 g/mol. The van der Waals surface area contributed by atoms with E-state index in [1.165, 1.54) is 12.1 Å². The van der Waals surface area contributed by atoms with E-state index in [1.54, 1.807) is 12.1 Å². The van der Waals surface area contributed by atoms with E-state index in [0.717, 1.165) is 12.0 Å². The highest BCUT2D eigenvalue weighted by Crippen LogP contribution is 2.40. The van der Waals surface area contributed by atoms with Crippen LogP contribution in [0.5, 0.6) is 0 Å². The molecule has 2 rings (SSSR count). The van der Waals surface area contributed by atoms with Crippen molar-refractivity contribution in [2.24, 2.45) is 0 Å². The van der Waals surface area contributed by atoms with Crippen LogP contribution in [0.3, 0.4) is 0 Å². The third-order valence-corrected chi connectivity index (χ3v) is 2.79. The van der Waals surface area contributed by atoms with E-state index in [0.29, 0.717) is 0 Å². The summed E-state index contributed by atoms with van der Waals surface area (Å²) in [6, 6.07) is 6.51. The van der Waals surface area contributed by atoms with E-state index < -0.39 is 11.7 Å². The Morgan fingerprint density at radius 1 is 1.33 bits per heavy atom. The first-order chi connectivity index (χ1) is 8.35. The van der Waals surface area contributed by atoms with Crippen LogP contribution in [0.4, 0.5) is 9.18 Å². The summed E-state index contributed by atoms with van der Waals surface area (Å²) in [5.74, 6) is 0.0363. The molecule has 0 aliphatic heterocycles. The third-order valence-electron chi connectivity index (χ3n) is 2.79. The number of hydrogen-bond donors (Lipinski definition) is 1. The van der Waals surface area contributed by atoms with Gasteiger partial charge in [-0.2, -0.15) is 0 Å². The molecule has 1 fully saturated rings. The van der Waals surface area contributed by atoms with E-state index in [2.05, 4.69) is 5.32 Å². The second-order valence-electron chi connectivity index (χ2n) is 5.65. The maximum Gasteiger partial charge on any atom is 0.407 e. The number of hydrogen-bond acceptors (Lipinski definition) is 2. The van der Waals surface area contributed by atoms with Crippen LogP contribution in [0.1, 0.15) is 38.7 Å². The Bertz CT molecular complexity index is 436. The van der Waals surface area contributed by atoms with E-state index in [9.17, 15) is 9.18 Å². The van der Waals surface area contributed by atoms with Crippen molar-refractivity contribution in [3.63, 3.8) is 0 Å². The summed E-state index contributed by atoms with van der Waals surface area (Å²) in [5.41, 5.74) is 0.571. The largest absolute Gasteiger partial charge is 0.444 e. The van der Waals surface area contributed by atoms with Crippen LogP contribution in [-0.4, -0.2) is 17.7 Å². The minimum Gasteiger partial charge on any atom is -0.444 e. The minimum absolute atomic E-state index is 0.102. The molecule has 2 atom stereocenters. The summed E-state index contributed by atoms with van der Waals surface area (Å²) >= 11 is 0. The maximum absolute atomic E-state index is 12.8. The molecule has 1 N–H and O–H groups in total. The fourth-order valence-electron chi connectivity index (χ4n) is 1.89. The number of amides is 1. The number of nitrogens with one attached hydrogen (secondary N) is 1. The molecule has 0 radical (unpaired) electrons. The Morgan fingerprint density at radius 2 is 1.94 bits per heavy atom. The average Bonchev–Trinajstić information content (AvgIpc) is 2.95. The summed E-state index contributed by atoms with van der Waals surface area (Å²) in [6.45, 7) is 5.49. The van der Waals surface area contributed by atoms with Crippen molar-refractivity contribution in [3.05, 3.63) is 35.6 Å². The molecule has 1 amide bonds. The van der Waals surface area contributed by atoms with Gasteiger partial charge in [-0.1, -0.05) is 12.1 Å². The number of halogens is 1. The van der Waals surface area contributed by atoms with Gasteiger partial charge in [-0.25, -0.2) is 9.18 Å². The molecule has 3 nitrogen and oxygen atoms in total. The van der Waals surface area contributed by atoms with Gasteiger partial charge in [-0.3, -0.25) is 0 Å². The van der Waals surface area contributed by atoms with Crippen molar-refractivity contribution in [1.82, 2.24) is 5.32 Å². The van der Waals surface area contributed by atoms with E-state index in [1.807, 2.05) is 20.8 Å². The number of ether oxygens (including phenoxy) is 1. The lowest BCUT2D eigenvalue weighted by molar-refractivity contribution is 0.0523. The van der Waals surface area contributed by atoms with Gasteiger partial charge in [-0.05, 0) is 44.9 Å². The Hall–Kier alpha value is -1.58. The number of rotatable bonds is 2. The number of benzene rings is 1. The standard InChI is InChI=1S/C14H18FNO2/c1-14(2,3)18-13(17)16-12-8-11(12)9-4-6-10(15)7-5-9/h4-7,11-12H,8H2,1-3H3,(H,16,17)/t11-,12-/m1/s1. The van der Waals surface area contributed by atoms with Gasteiger partial charge >= 0.3 is 6.09 Å². The van der Waals surface area contributed by atoms with E-state index >= 15 is 0 Å². The molecule has 0 spiro atoms. The summed E-state index contributed by atoms with van der Waals surface area (Å²) in [7, 11) is 0. The van der Waals surface area contributed by atoms with Crippen molar-refractivity contribution in [1.29, 1.82) is 0 Å². The lowest BCUT2D eigenvalue weighted by Gasteiger charge is -2.19. The molecule has 4 heteroatoms. The van der Waals surface area contributed by atoms with Crippen molar-refractivity contribution in [3.8, 4) is 0 Å². The molecule has 98 valence electrons. The maximum atomic E-state index is 12.8. The molecule has 1 saturated carbocycles. The fraction of sp³-hybridized carbons (Fsp3) is 0.500. The Kier molecular flexibility index (Phi) is 3.28. The number of carbonyl (C=O) groups is 1. The van der Waals surface area contributed by atoms with Crippen molar-refractivity contribution >= 4 is 6.09 Å². The molecule has 1 aliphatic rings. The van der Waals surface area contributed by atoms with Gasteiger partial charge in [0.1, 0.15) is 11.4 Å². The van der Waals surface area contributed by atoms with Crippen LogP contribution >= 0.6 is 0 Å². The second-order valence-corrected chi connectivity index (χ2v) is 5.65. The first-order valence-electron chi connectivity index (χ1n) is 6.10. The predicted octanol–water partition coefficient (Wildman–Crippen LogP) is 3.21. The Balaban J connectivity index is 1.85. The lowest BCUT2D eigenvalue weighted by Crippen LogP contribution is -2.34. The zero-order chi connectivity index (χ0) is 13.3. The van der Waals surface area contributed by atoms with Gasteiger partial charge in [0.25, 0.3) is 0 Å². The van der Waals surface area contributed by atoms with Gasteiger partial charge in [0.2, 0.25) is 0 Å². The quantitative estimate of drug-likeness (QED) is 0.876. The minimum atomic E-state index is -0.482. The molecule has 18 heavy (non-hydrogen) atoms. The van der Waals surface area contributed by atoms with Crippen LogP contribution in [0.25, 0.3) is 0 Å². The third kappa shape index (κ3) is 3.45. The highest BCUT2D eigenvalue weighted by Gasteiger charge is 2.40. The molecule has 0 unspecified atom stereocenters. The van der Waals surface area contributed by atoms with Gasteiger partial charge in [0.05, 0.1) is 0 Å². The molecule has 0 bridgehead atoms. The summed E-state index contributed by atoms with van der Waals surface area (Å²) in [5, 5.41) is 2.82. The first-order valence-corrected chi connectivity index (χ1v) is 6.10. The predicted molar refractivity (Wildman–Crippen MR) is 66.9 cm³/mol. The normalized spacial score (nSPS) is 22.4. The van der Waals surface area contributed by atoms with Gasteiger partial charge < -0.3 is 10.1 Å². The SMILES string of the molecule is CC(C)(C)OC(=O)N[C@@H]1C[C@@H]1c1ccc(F)cc1. The van der Waals surface area contributed by atoms with Crippen LogP contribution in [0, 0.1) is 5.82 Å². The summed E-state index contributed by atoms with van der Waals surface area (Å²) in [4.78, 5) is 11.5. The zero-order valence-corrected chi connectivity index (χ0v) is 10.9. The molecule has 1 aliphatic carbocycles. The first kappa shape index (κ1) is 12.9. The van der Waals surface area contributed by atoms with Crippen molar-refractivity contribution in [2.75, 3.05) is 0 Å². The molecular formula is C14H18FNO2. The van der Waals surface area contributed by atoms with E-state index in [4.69, 9.17) is 4.74 Å². The van der Waals surface area contributed by atoms with Crippen LogP contribution in [-0.2, 0) is 4.74 Å². The molecule has 1 aromatic rings. The monoisotopic (exact) mass is 251 g/mol. The van der Waals surface area contributed by atoms with Gasteiger partial charge in [-0.15, -0.1) is 0 Å². The van der Waals surface area contributed by atoms with Crippen LogP contribution in [0.2, 0.25) is 0 Å². The molecule has 0 saturated heterocycles. The highest BCUT2D eigenvalue weighted by atomic mass is 19.1.